The van der Waals surface area contributed by atoms with Crippen molar-refractivity contribution in [3.63, 3.8) is 0 Å². The second-order valence-electron chi connectivity index (χ2n) is 6.91. The highest BCUT2D eigenvalue weighted by Crippen LogP contribution is 2.26. The van der Waals surface area contributed by atoms with Crippen molar-refractivity contribution in [1.29, 1.82) is 0 Å². The van der Waals surface area contributed by atoms with E-state index in [1.165, 1.54) is 16.8 Å². The summed E-state index contributed by atoms with van der Waals surface area (Å²) in [6, 6.07) is 13.0. The Morgan fingerprint density at radius 1 is 0.867 bits per heavy atom. The predicted molar refractivity (Wildman–Crippen MR) is 112 cm³/mol. The fourth-order valence-corrected chi connectivity index (χ4v) is 5.02. The molecule has 4 aromatic rings. The molecular formula is C20H19N7O2S. The van der Waals surface area contributed by atoms with E-state index in [0.717, 1.165) is 22.5 Å². The van der Waals surface area contributed by atoms with Crippen LogP contribution in [0.3, 0.4) is 0 Å². The number of pyridine rings is 1. The SMILES string of the molecule is O=S(=O)(c1cccnc1)N1CCN(c2ncnc3c2cnn3-c2ccccc2)CC1. The number of aromatic nitrogens is 5. The van der Waals surface area contributed by atoms with E-state index in [-0.39, 0.29) is 4.90 Å². The molecule has 0 amide bonds. The van der Waals surface area contributed by atoms with Gasteiger partial charge in [0, 0.05) is 38.6 Å². The monoisotopic (exact) mass is 421 g/mol. The van der Waals surface area contributed by atoms with Gasteiger partial charge in [-0.15, -0.1) is 0 Å². The van der Waals surface area contributed by atoms with E-state index in [0.29, 0.717) is 26.2 Å². The minimum absolute atomic E-state index is 0.215. The molecule has 1 fully saturated rings. The van der Waals surface area contributed by atoms with Crippen LogP contribution in [0.5, 0.6) is 0 Å². The number of hydrogen-bond donors (Lipinski definition) is 0. The summed E-state index contributed by atoms with van der Waals surface area (Å²) in [5.74, 6) is 0.764. The second-order valence-corrected chi connectivity index (χ2v) is 8.84. The van der Waals surface area contributed by atoms with Crippen LogP contribution in [0.25, 0.3) is 16.7 Å². The highest BCUT2D eigenvalue weighted by atomic mass is 32.2. The summed E-state index contributed by atoms with van der Waals surface area (Å²) in [7, 11) is -3.55. The summed E-state index contributed by atoms with van der Waals surface area (Å²) >= 11 is 0. The van der Waals surface area contributed by atoms with E-state index in [2.05, 4.69) is 25.0 Å². The summed E-state index contributed by atoms with van der Waals surface area (Å²) < 4.78 is 28.9. The molecular weight excluding hydrogens is 402 g/mol. The number of rotatable bonds is 4. The van der Waals surface area contributed by atoms with Crippen molar-refractivity contribution in [1.82, 2.24) is 29.0 Å². The normalized spacial score (nSPS) is 15.5. The van der Waals surface area contributed by atoms with Crippen molar-refractivity contribution in [2.75, 3.05) is 31.1 Å². The number of para-hydroxylation sites is 1. The Hall–Kier alpha value is -3.37. The van der Waals surface area contributed by atoms with Gasteiger partial charge in [-0.2, -0.15) is 9.40 Å². The van der Waals surface area contributed by atoms with Crippen LogP contribution >= 0.6 is 0 Å². The van der Waals surface area contributed by atoms with Crippen LogP contribution in [-0.2, 0) is 10.0 Å². The molecule has 5 rings (SSSR count). The number of sulfonamides is 1. The molecule has 4 heterocycles. The Labute approximate surface area is 173 Å². The van der Waals surface area contributed by atoms with Gasteiger partial charge in [0.1, 0.15) is 17.0 Å². The first-order chi connectivity index (χ1) is 14.6. The summed E-state index contributed by atoms with van der Waals surface area (Å²) in [5, 5.41) is 5.33. The van der Waals surface area contributed by atoms with E-state index in [1.54, 1.807) is 29.2 Å². The third kappa shape index (κ3) is 3.19. The highest BCUT2D eigenvalue weighted by molar-refractivity contribution is 7.89. The zero-order valence-electron chi connectivity index (χ0n) is 16.0. The Kier molecular flexibility index (Phi) is 4.64. The van der Waals surface area contributed by atoms with Crippen molar-refractivity contribution in [3.8, 4) is 5.69 Å². The van der Waals surface area contributed by atoms with Gasteiger partial charge in [-0.1, -0.05) is 18.2 Å². The van der Waals surface area contributed by atoms with Crippen LogP contribution in [0, 0.1) is 0 Å². The summed E-state index contributed by atoms with van der Waals surface area (Å²) in [4.78, 5) is 15.1. The lowest BCUT2D eigenvalue weighted by atomic mass is 10.3. The zero-order valence-corrected chi connectivity index (χ0v) is 16.9. The Morgan fingerprint density at radius 3 is 2.40 bits per heavy atom. The lowest BCUT2D eigenvalue weighted by Crippen LogP contribution is -2.49. The molecule has 10 heteroatoms. The molecule has 1 aromatic carbocycles. The summed E-state index contributed by atoms with van der Waals surface area (Å²) in [6.07, 6.45) is 6.23. The zero-order chi connectivity index (χ0) is 20.6. The van der Waals surface area contributed by atoms with Gasteiger partial charge in [-0.3, -0.25) is 4.98 Å². The smallest absolute Gasteiger partial charge is 0.244 e. The first-order valence-electron chi connectivity index (χ1n) is 9.54. The largest absolute Gasteiger partial charge is 0.353 e. The van der Waals surface area contributed by atoms with Gasteiger partial charge >= 0.3 is 0 Å². The van der Waals surface area contributed by atoms with Gasteiger partial charge in [0.25, 0.3) is 0 Å². The van der Waals surface area contributed by atoms with Gasteiger partial charge in [0.05, 0.1) is 17.3 Å². The number of anilines is 1. The van der Waals surface area contributed by atoms with E-state index in [4.69, 9.17) is 0 Å². The highest BCUT2D eigenvalue weighted by Gasteiger charge is 2.30. The molecule has 0 saturated carbocycles. The van der Waals surface area contributed by atoms with Crippen LogP contribution in [0.4, 0.5) is 5.82 Å². The first-order valence-corrected chi connectivity index (χ1v) is 11.0. The number of fused-ring (bicyclic) bond motifs is 1. The third-order valence-electron chi connectivity index (χ3n) is 5.16. The van der Waals surface area contributed by atoms with E-state index < -0.39 is 10.0 Å². The quantitative estimate of drug-likeness (QED) is 0.495. The molecule has 1 aliphatic rings. The Morgan fingerprint density at radius 2 is 1.67 bits per heavy atom. The first kappa shape index (κ1) is 18.6. The number of nitrogens with zero attached hydrogens (tertiary/aromatic N) is 7. The van der Waals surface area contributed by atoms with Gasteiger partial charge in [0.15, 0.2) is 5.65 Å². The maximum absolute atomic E-state index is 12.8. The van der Waals surface area contributed by atoms with Crippen LogP contribution in [0.15, 0.2) is 72.3 Å². The molecule has 1 saturated heterocycles. The third-order valence-corrected chi connectivity index (χ3v) is 7.04. The predicted octanol–water partition coefficient (Wildman–Crippen LogP) is 1.72. The molecule has 0 radical (unpaired) electrons. The van der Waals surface area contributed by atoms with Crippen LogP contribution in [0.1, 0.15) is 0 Å². The summed E-state index contributed by atoms with van der Waals surface area (Å²) in [5.41, 5.74) is 1.64. The molecule has 0 bridgehead atoms. The lowest BCUT2D eigenvalue weighted by Gasteiger charge is -2.34. The minimum Gasteiger partial charge on any atom is -0.353 e. The Balaban J connectivity index is 1.40. The van der Waals surface area contributed by atoms with Crippen LogP contribution in [0.2, 0.25) is 0 Å². The molecule has 1 aliphatic heterocycles. The van der Waals surface area contributed by atoms with Gasteiger partial charge < -0.3 is 4.90 Å². The fourth-order valence-electron chi connectivity index (χ4n) is 3.63. The van der Waals surface area contributed by atoms with Crippen molar-refractivity contribution in [2.45, 2.75) is 4.90 Å². The second kappa shape index (κ2) is 7.47. The van der Waals surface area contributed by atoms with E-state index in [9.17, 15) is 8.42 Å². The molecule has 152 valence electrons. The van der Waals surface area contributed by atoms with Crippen molar-refractivity contribution in [2.24, 2.45) is 0 Å². The van der Waals surface area contributed by atoms with Crippen molar-refractivity contribution >= 4 is 26.9 Å². The van der Waals surface area contributed by atoms with Crippen molar-refractivity contribution < 1.29 is 8.42 Å². The average molecular weight is 421 g/mol. The van der Waals surface area contributed by atoms with Gasteiger partial charge in [0.2, 0.25) is 10.0 Å². The molecule has 0 spiro atoms. The lowest BCUT2D eigenvalue weighted by molar-refractivity contribution is 0.384. The average Bonchev–Trinajstić information content (AvgIpc) is 3.25. The minimum atomic E-state index is -3.55. The van der Waals surface area contributed by atoms with Gasteiger partial charge in [-0.25, -0.2) is 23.1 Å². The molecule has 30 heavy (non-hydrogen) atoms. The van der Waals surface area contributed by atoms with Crippen LogP contribution < -0.4 is 4.90 Å². The molecule has 9 nitrogen and oxygen atoms in total. The molecule has 3 aromatic heterocycles. The maximum atomic E-state index is 12.8. The maximum Gasteiger partial charge on any atom is 0.244 e. The Bertz CT molecular complexity index is 1270. The molecule has 0 atom stereocenters. The van der Waals surface area contributed by atoms with E-state index in [1.807, 2.05) is 30.3 Å². The van der Waals surface area contributed by atoms with Crippen molar-refractivity contribution in [3.05, 3.63) is 67.4 Å². The fraction of sp³-hybridized carbons (Fsp3) is 0.200. The topological polar surface area (TPSA) is 97.1 Å². The van der Waals surface area contributed by atoms with E-state index >= 15 is 0 Å². The summed E-state index contributed by atoms with van der Waals surface area (Å²) in [6.45, 7) is 1.80. The number of hydrogen-bond acceptors (Lipinski definition) is 7. The number of piperazine rings is 1. The van der Waals surface area contributed by atoms with Gasteiger partial charge in [-0.05, 0) is 24.3 Å². The molecule has 0 unspecified atom stereocenters. The molecule has 0 aliphatic carbocycles. The van der Waals surface area contributed by atoms with Crippen LogP contribution in [-0.4, -0.2) is 63.6 Å². The standard InChI is InChI=1S/C20H19N7O2S/c28-30(29,17-7-4-8-21-13-17)26-11-9-25(10-12-26)19-18-14-24-27(20(18)23-15-22-19)16-5-2-1-3-6-16/h1-8,13-15H,9-12H2. The number of benzene rings is 1. The molecule has 0 N–H and O–H groups in total.